The second-order valence-corrected chi connectivity index (χ2v) is 4.43. The summed E-state index contributed by atoms with van der Waals surface area (Å²) in [6.45, 7) is 0. The molecule has 0 radical (unpaired) electrons. The van der Waals surface area contributed by atoms with Crippen molar-refractivity contribution in [2.75, 3.05) is 0 Å². The summed E-state index contributed by atoms with van der Waals surface area (Å²) in [7, 11) is 0. The Kier molecular flexibility index (Phi) is 4.76. The van der Waals surface area contributed by atoms with Crippen molar-refractivity contribution in [3.05, 3.63) is 34.3 Å². The van der Waals surface area contributed by atoms with Crippen LogP contribution in [0.3, 0.4) is 0 Å². The van der Waals surface area contributed by atoms with Crippen molar-refractivity contribution in [1.29, 1.82) is 0 Å². The monoisotopic (exact) mass is 296 g/mol. The molecule has 0 saturated heterocycles. The van der Waals surface area contributed by atoms with E-state index in [-0.39, 0.29) is 6.42 Å². The number of halogens is 4. The van der Waals surface area contributed by atoms with Gasteiger partial charge in [-0.05, 0) is 24.1 Å². The van der Waals surface area contributed by atoms with E-state index in [2.05, 4.69) is 21.4 Å². The molecule has 0 saturated carbocycles. The minimum atomic E-state index is -4.20. The number of benzene rings is 1. The molecule has 1 rings (SSSR count). The van der Waals surface area contributed by atoms with Crippen LogP contribution in [0.1, 0.15) is 12.0 Å². The highest BCUT2D eigenvalue weighted by molar-refractivity contribution is 9.10. The number of hydrogen-bond donors (Lipinski definition) is 2. The van der Waals surface area contributed by atoms with Gasteiger partial charge < -0.3 is 0 Å². The first kappa shape index (κ1) is 13.5. The fraction of sp³-hybridized carbons (Fsp3) is 0.400. The van der Waals surface area contributed by atoms with Gasteiger partial charge in [0.2, 0.25) is 0 Å². The molecule has 0 fully saturated rings. The lowest BCUT2D eigenvalue weighted by atomic mass is 10.0. The number of hydrazine groups is 1. The molecule has 0 aliphatic heterocycles. The molecule has 1 aromatic rings. The van der Waals surface area contributed by atoms with Crippen molar-refractivity contribution in [3.8, 4) is 0 Å². The Hall–Kier alpha value is -0.590. The minimum absolute atomic E-state index is 0.253. The molecular formula is C10H12BrF3N2. The molecule has 0 aliphatic rings. The van der Waals surface area contributed by atoms with Crippen LogP contribution < -0.4 is 11.3 Å². The maximum atomic E-state index is 12.2. The maximum absolute atomic E-state index is 12.2. The van der Waals surface area contributed by atoms with Crippen molar-refractivity contribution < 1.29 is 13.2 Å². The number of nitrogens with two attached hydrogens (primary N) is 1. The van der Waals surface area contributed by atoms with Gasteiger partial charge >= 0.3 is 6.18 Å². The predicted molar refractivity (Wildman–Crippen MR) is 59.6 cm³/mol. The van der Waals surface area contributed by atoms with Crippen LogP contribution in [-0.2, 0) is 6.42 Å². The van der Waals surface area contributed by atoms with Crippen molar-refractivity contribution in [1.82, 2.24) is 5.43 Å². The average Bonchev–Trinajstić information content (AvgIpc) is 2.18. The van der Waals surface area contributed by atoms with Crippen LogP contribution in [0.25, 0.3) is 0 Å². The van der Waals surface area contributed by atoms with Crippen LogP contribution in [0, 0.1) is 0 Å². The molecule has 0 spiro atoms. The summed E-state index contributed by atoms with van der Waals surface area (Å²) < 4.78 is 37.4. The molecule has 16 heavy (non-hydrogen) atoms. The van der Waals surface area contributed by atoms with Gasteiger partial charge in [-0.25, -0.2) is 0 Å². The molecular weight excluding hydrogens is 285 g/mol. The summed E-state index contributed by atoms with van der Waals surface area (Å²) in [4.78, 5) is 0. The van der Waals surface area contributed by atoms with E-state index in [0.717, 1.165) is 10.0 Å². The average molecular weight is 297 g/mol. The van der Waals surface area contributed by atoms with Crippen LogP contribution in [0.4, 0.5) is 13.2 Å². The molecule has 0 aliphatic carbocycles. The van der Waals surface area contributed by atoms with Crippen molar-refractivity contribution >= 4 is 15.9 Å². The van der Waals surface area contributed by atoms with Crippen LogP contribution >= 0.6 is 15.9 Å². The third-order valence-corrected chi connectivity index (χ3v) is 2.64. The van der Waals surface area contributed by atoms with Gasteiger partial charge in [0.1, 0.15) is 0 Å². The molecule has 0 heterocycles. The Morgan fingerprint density at radius 2 is 1.81 bits per heavy atom. The molecule has 2 nitrogen and oxygen atoms in total. The van der Waals surface area contributed by atoms with Crippen molar-refractivity contribution in [3.63, 3.8) is 0 Å². The predicted octanol–water partition coefficient (Wildman–Crippen LogP) is 2.78. The zero-order chi connectivity index (χ0) is 12.2. The van der Waals surface area contributed by atoms with Crippen LogP contribution in [-0.4, -0.2) is 12.2 Å². The quantitative estimate of drug-likeness (QED) is 0.662. The summed E-state index contributed by atoms with van der Waals surface area (Å²) in [5.41, 5.74) is 3.01. The van der Waals surface area contributed by atoms with E-state index in [9.17, 15) is 13.2 Å². The fourth-order valence-electron chi connectivity index (χ4n) is 1.37. The summed E-state index contributed by atoms with van der Waals surface area (Å²) in [5, 5.41) is 0. The van der Waals surface area contributed by atoms with Gasteiger partial charge in [0.15, 0.2) is 0 Å². The van der Waals surface area contributed by atoms with Gasteiger partial charge in [-0.3, -0.25) is 11.3 Å². The van der Waals surface area contributed by atoms with E-state index >= 15 is 0 Å². The maximum Gasteiger partial charge on any atom is 0.390 e. The molecule has 0 amide bonds. The molecule has 90 valence electrons. The molecule has 6 heteroatoms. The first-order valence-electron chi connectivity index (χ1n) is 4.68. The van der Waals surface area contributed by atoms with E-state index in [1.54, 1.807) is 24.3 Å². The van der Waals surface area contributed by atoms with E-state index in [0.29, 0.717) is 0 Å². The van der Waals surface area contributed by atoms with Gasteiger partial charge in [-0.15, -0.1) is 0 Å². The van der Waals surface area contributed by atoms with E-state index in [1.165, 1.54) is 0 Å². The lowest BCUT2D eigenvalue weighted by molar-refractivity contribution is -0.140. The standard InChI is InChI=1S/C10H12BrF3N2/c11-8-3-1-7(2-4-8)5-9(16-15)6-10(12,13)14/h1-4,9,16H,5-6,15H2. The molecule has 0 bridgehead atoms. The summed E-state index contributed by atoms with van der Waals surface area (Å²) >= 11 is 3.26. The number of nitrogens with one attached hydrogen (secondary N) is 1. The highest BCUT2D eigenvalue weighted by Gasteiger charge is 2.31. The van der Waals surface area contributed by atoms with Crippen LogP contribution in [0.2, 0.25) is 0 Å². The van der Waals surface area contributed by atoms with Gasteiger partial charge in [0.05, 0.1) is 6.42 Å². The summed E-state index contributed by atoms with van der Waals surface area (Å²) in [5.74, 6) is 5.10. The van der Waals surface area contributed by atoms with Gasteiger partial charge in [0, 0.05) is 10.5 Å². The number of hydrogen-bond acceptors (Lipinski definition) is 2. The normalized spacial score (nSPS) is 13.8. The zero-order valence-corrected chi connectivity index (χ0v) is 9.98. The first-order valence-corrected chi connectivity index (χ1v) is 5.47. The third-order valence-electron chi connectivity index (χ3n) is 2.11. The van der Waals surface area contributed by atoms with Gasteiger partial charge in [-0.1, -0.05) is 28.1 Å². The van der Waals surface area contributed by atoms with E-state index in [1.807, 2.05) is 0 Å². The lowest BCUT2D eigenvalue weighted by Crippen LogP contribution is -2.40. The largest absolute Gasteiger partial charge is 0.390 e. The third kappa shape index (κ3) is 4.96. The summed E-state index contributed by atoms with van der Waals surface area (Å²) in [6, 6.07) is 6.32. The Labute approximate surface area is 100 Å². The molecule has 3 N–H and O–H groups in total. The first-order chi connectivity index (χ1) is 7.40. The fourth-order valence-corrected chi connectivity index (χ4v) is 1.64. The van der Waals surface area contributed by atoms with Crippen LogP contribution in [0.5, 0.6) is 0 Å². The molecule has 1 aromatic carbocycles. The Bertz CT molecular complexity index is 324. The van der Waals surface area contributed by atoms with Gasteiger partial charge in [0.25, 0.3) is 0 Å². The molecule has 1 atom stereocenters. The van der Waals surface area contributed by atoms with E-state index in [4.69, 9.17) is 5.84 Å². The Morgan fingerprint density at radius 3 is 2.25 bits per heavy atom. The highest BCUT2D eigenvalue weighted by Crippen LogP contribution is 2.23. The van der Waals surface area contributed by atoms with Gasteiger partial charge in [-0.2, -0.15) is 13.2 Å². The second-order valence-electron chi connectivity index (χ2n) is 3.51. The van der Waals surface area contributed by atoms with Crippen molar-refractivity contribution in [2.45, 2.75) is 25.1 Å². The smallest absolute Gasteiger partial charge is 0.271 e. The SMILES string of the molecule is NNC(Cc1ccc(Br)cc1)CC(F)(F)F. The Balaban J connectivity index is 2.60. The molecule has 0 aromatic heterocycles. The number of alkyl halides is 3. The highest BCUT2D eigenvalue weighted by atomic mass is 79.9. The lowest BCUT2D eigenvalue weighted by Gasteiger charge is -2.17. The molecule has 1 unspecified atom stereocenters. The number of rotatable bonds is 4. The minimum Gasteiger partial charge on any atom is -0.271 e. The second kappa shape index (κ2) is 5.65. The summed E-state index contributed by atoms with van der Waals surface area (Å²) in [6.07, 6.45) is -4.88. The zero-order valence-electron chi connectivity index (χ0n) is 8.39. The van der Waals surface area contributed by atoms with Crippen LogP contribution in [0.15, 0.2) is 28.7 Å². The van der Waals surface area contributed by atoms with Crippen molar-refractivity contribution in [2.24, 2.45) is 5.84 Å². The van der Waals surface area contributed by atoms with E-state index < -0.39 is 18.6 Å². The Morgan fingerprint density at radius 1 is 1.25 bits per heavy atom. The topological polar surface area (TPSA) is 38.0 Å².